The Morgan fingerprint density at radius 3 is 2.76 bits per heavy atom. The Balaban J connectivity index is 1.55. The lowest BCUT2D eigenvalue weighted by Crippen LogP contribution is -2.60. The van der Waals surface area contributed by atoms with Crippen molar-refractivity contribution in [2.75, 3.05) is 19.6 Å². The molecule has 2 aromatic heterocycles. The van der Waals surface area contributed by atoms with Crippen molar-refractivity contribution < 1.29 is 4.79 Å². The normalized spacial score (nSPS) is 15.2. The second-order valence-corrected chi connectivity index (χ2v) is 6.21. The van der Waals surface area contributed by atoms with E-state index in [2.05, 4.69) is 28.9 Å². The highest BCUT2D eigenvalue weighted by Crippen LogP contribution is 2.21. The molecule has 3 heterocycles. The van der Waals surface area contributed by atoms with Gasteiger partial charge in [-0.05, 0) is 35.7 Å². The lowest BCUT2D eigenvalue weighted by Gasteiger charge is -2.45. The third-order valence-corrected chi connectivity index (χ3v) is 4.80. The maximum atomic E-state index is 12.2. The number of hydrogen-bond acceptors (Lipinski definition) is 4. The number of likely N-dealkylation sites (N-methyl/N-ethyl adjacent to an activating group) is 1. The van der Waals surface area contributed by atoms with Gasteiger partial charge in [-0.15, -0.1) is 11.3 Å². The van der Waals surface area contributed by atoms with Crippen LogP contribution in [0.1, 0.15) is 22.2 Å². The van der Waals surface area contributed by atoms with Crippen molar-refractivity contribution in [3.05, 3.63) is 52.5 Å². The highest BCUT2D eigenvalue weighted by molar-refractivity contribution is 7.12. The second kappa shape index (κ2) is 6.37. The number of rotatable bonds is 5. The molecule has 0 atom stereocenters. The van der Waals surface area contributed by atoms with Gasteiger partial charge in [-0.25, -0.2) is 0 Å². The van der Waals surface area contributed by atoms with Gasteiger partial charge in [0.05, 0.1) is 4.88 Å². The zero-order valence-corrected chi connectivity index (χ0v) is 12.9. The number of amides is 1. The summed E-state index contributed by atoms with van der Waals surface area (Å²) < 4.78 is 0. The van der Waals surface area contributed by atoms with E-state index in [4.69, 9.17) is 0 Å². The monoisotopic (exact) mass is 301 g/mol. The molecule has 4 nitrogen and oxygen atoms in total. The first-order valence-corrected chi connectivity index (χ1v) is 8.11. The molecular formula is C16H19N3OS. The summed E-state index contributed by atoms with van der Waals surface area (Å²) in [6.45, 7) is 5.75. The van der Waals surface area contributed by atoms with E-state index in [-0.39, 0.29) is 5.91 Å². The van der Waals surface area contributed by atoms with Crippen LogP contribution in [0.5, 0.6) is 0 Å². The number of aromatic nitrogens is 1. The third kappa shape index (κ3) is 3.14. The Kier molecular flexibility index (Phi) is 4.31. The number of pyridine rings is 1. The van der Waals surface area contributed by atoms with Crippen LogP contribution in [0.2, 0.25) is 0 Å². The molecule has 5 heteroatoms. The van der Waals surface area contributed by atoms with Crippen molar-refractivity contribution in [2.24, 2.45) is 0 Å². The molecule has 1 aliphatic rings. The van der Waals surface area contributed by atoms with Crippen LogP contribution in [-0.2, 0) is 6.54 Å². The van der Waals surface area contributed by atoms with E-state index < -0.39 is 0 Å². The summed E-state index contributed by atoms with van der Waals surface area (Å²) in [5.41, 5.74) is 1.27. The van der Waals surface area contributed by atoms with Crippen LogP contribution in [0.25, 0.3) is 0 Å². The third-order valence-electron chi connectivity index (χ3n) is 3.94. The Hall–Kier alpha value is -1.72. The molecule has 21 heavy (non-hydrogen) atoms. The first-order valence-electron chi connectivity index (χ1n) is 7.23. The molecule has 3 rings (SSSR count). The fourth-order valence-electron chi connectivity index (χ4n) is 2.63. The van der Waals surface area contributed by atoms with Crippen molar-refractivity contribution in [3.8, 4) is 0 Å². The average molecular weight is 301 g/mol. The van der Waals surface area contributed by atoms with Crippen LogP contribution in [0.15, 0.2) is 42.0 Å². The lowest BCUT2D eigenvalue weighted by molar-refractivity contribution is 0.0258. The van der Waals surface area contributed by atoms with Crippen molar-refractivity contribution >= 4 is 17.2 Å². The molecule has 0 unspecified atom stereocenters. The molecule has 0 N–H and O–H groups in total. The number of nitrogens with zero attached hydrogens (tertiary/aromatic N) is 3. The number of likely N-dealkylation sites (tertiary alicyclic amines) is 1. The van der Waals surface area contributed by atoms with Crippen molar-refractivity contribution in [1.29, 1.82) is 0 Å². The van der Waals surface area contributed by atoms with Gasteiger partial charge < -0.3 is 4.90 Å². The molecule has 0 saturated carbocycles. The van der Waals surface area contributed by atoms with Crippen LogP contribution in [0, 0.1) is 0 Å². The Morgan fingerprint density at radius 1 is 1.38 bits per heavy atom. The van der Waals surface area contributed by atoms with Crippen LogP contribution in [-0.4, -0.2) is 46.4 Å². The van der Waals surface area contributed by atoms with Gasteiger partial charge in [0, 0.05) is 38.1 Å². The topological polar surface area (TPSA) is 36.4 Å². The molecule has 1 aliphatic heterocycles. The summed E-state index contributed by atoms with van der Waals surface area (Å²) in [4.78, 5) is 21.5. The van der Waals surface area contributed by atoms with E-state index in [0.717, 1.165) is 31.1 Å². The van der Waals surface area contributed by atoms with Gasteiger partial charge in [-0.2, -0.15) is 0 Å². The zero-order valence-electron chi connectivity index (χ0n) is 12.1. The zero-order chi connectivity index (χ0) is 14.7. The molecule has 0 aromatic carbocycles. The van der Waals surface area contributed by atoms with Gasteiger partial charge in [0.15, 0.2) is 0 Å². The smallest absolute Gasteiger partial charge is 0.264 e. The number of hydrogen-bond donors (Lipinski definition) is 0. The van der Waals surface area contributed by atoms with E-state index >= 15 is 0 Å². The molecule has 1 saturated heterocycles. The van der Waals surface area contributed by atoms with E-state index in [1.807, 2.05) is 34.8 Å². The maximum absolute atomic E-state index is 12.2. The van der Waals surface area contributed by atoms with Gasteiger partial charge in [0.2, 0.25) is 0 Å². The molecule has 2 aromatic rings. The molecule has 110 valence electrons. The molecule has 0 bridgehead atoms. The minimum atomic E-state index is 0.168. The largest absolute Gasteiger partial charge is 0.335 e. The second-order valence-electron chi connectivity index (χ2n) is 5.26. The fraction of sp³-hybridized carbons (Fsp3) is 0.375. The van der Waals surface area contributed by atoms with Gasteiger partial charge in [0.1, 0.15) is 0 Å². The first-order chi connectivity index (χ1) is 10.3. The van der Waals surface area contributed by atoms with E-state index in [1.54, 1.807) is 0 Å². The SMILES string of the molecule is CCN(Cc1ccncc1)C1CN(C(=O)c2cccs2)C1. The number of carbonyl (C=O) groups excluding carboxylic acids is 1. The van der Waals surface area contributed by atoms with E-state index in [0.29, 0.717) is 6.04 Å². The standard InChI is InChI=1S/C16H19N3OS/c1-2-18(10-13-5-7-17-8-6-13)14-11-19(12-14)16(20)15-4-3-9-21-15/h3-9,14H,2,10-12H2,1H3. The summed E-state index contributed by atoms with van der Waals surface area (Å²) in [7, 11) is 0. The molecule has 0 aliphatic carbocycles. The van der Waals surface area contributed by atoms with Gasteiger partial charge >= 0.3 is 0 Å². The lowest BCUT2D eigenvalue weighted by atomic mass is 10.1. The molecule has 0 radical (unpaired) electrons. The Bertz CT molecular complexity index is 579. The molecule has 1 fully saturated rings. The highest BCUT2D eigenvalue weighted by Gasteiger charge is 2.34. The van der Waals surface area contributed by atoms with Crippen molar-refractivity contribution in [2.45, 2.75) is 19.5 Å². The van der Waals surface area contributed by atoms with Crippen LogP contribution >= 0.6 is 11.3 Å². The number of thiophene rings is 1. The minimum Gasteiger partial charge on any atom is -0.335 e. The predicted molar refractivity (Wildman–Crippen MR) is 84.3 cm³/mol. The van der Waals surface area contributed by atoms with Crippen LogP contribution in [0.4, 0.5) is 0 Å². The Morgan fingerprint density at radius 2 is 2.14 bits per heavy atom. The quantitative estimate of drug-likeness (QED) is 0.851. The van der Waals surface area contributed by atoms with Gasteiger partial charge in [0.25, 0.3) is 5.91 Å². The Labute approximate surface area is 129 Å². The first kappa shape index (κ1) is 14.2. The van der Waals surface area contributed by atoms with Crippen LogP contribution in [0.3, 0.4) is 0 Å². The van der Waals surface area contributed by atoms with E-state index in [1.165, 1.54) is 16.9 Å². The molecule has 0 spiro atoms. The van der Waals surface area contributed by atoms with Crippen molar-refractivity contribution in [1.82, 2.24) is 14.8 Å². The van der Waals surface area contributed by atoms with E-state index in [9.17, 15) is 4.79 Å². The molecular weight excluding hydrogens is 282 g/mol. The van der Waals surface area contributed by atoms with Gasteiger partial charge in [-0.1, -0.05) is 13.0 Å². The van der Waals surface area contributed by atoms with Gasteiger partial charge in [-0.3, -0.25) is 14.7 Å². The summed E-state index contributed by atoms with van der Waals surface area (Å²) in [5, 5.41) is 1.95. The fourth-order valence-corrected chi connectivity index (χ4v) is 3.32. The average Bonchev–Trinajstić information content (AvgIpc) is 2.99. The minimum absolute atomic E-state index is 0.168. The number of carbonyl (C=O) groups is 1. The molecule has 1 amide bonds. The van der Waals surface area contributed by atoms with Crippen LogP contribution < -0.4 is 0 Å². The highest BCUT2D eigenvalue weighted by atomic mass is 32.1. The van der Waals surface area contributed by atoms with Crippen molar-refractivity contribution in [3.63, 3.8) is 0 Å². The maximum Gasteiger partial charge on any atom is 0.264 e. The summed E-state index contributed by atoms with van der Waals surface area (Å²) >= 11 is 1.51. The summed E-state index contributed by atoms with van der Waals surface area (Å²) in [6.07, 6.45) is 3.66. The predicted octanol–water partition coefficient (Wildman–Crippen LogP) is 2.49. The summed E-state index contributed by atoms with van der Waals surface area (Å²) in [5.74, 6) is 0.168. The summed E-state index contributed by atoms with van der Waals surface area (Å²) in [6, 6.07) is 8.39.